The zero-order valence-electron chi connectivity index (χ0n) is 38.0. The van der Waals surface area contributed by atoms with Crippen molar-refractivity contribution in [3.05, 3.63) is 72.9 Å². The summed E-state index contributed by atoms with van der Waals surface area (Å²) >= 11 is 0. The minimum Gasteiger partial charge on any atom is -0.462 e. The molecule has 0 heterocycles. The van der Waals surface area contributed by atoms with E-state index in [0.717, 1.165) is 70.6 Å². The van der Waals surface area contributed by atoms with E-state index in [4.69, 9.17) is 23.3 Å². The molecule has 344 valence electrons. The standard InChI is InChI=1S/C48H82NO10P/c1-6-8-10-12-14-16-18-20-22-23-25-27-29-31-33-35-37-39-46(51)58-44(43-57-60(53,54)56-41-40-49-47(52)59-48(3,4)5)42-55-45(50)38-36-34-32-30-28-26-24-21-19-17-15-13-11-9-7-2/h8,10,14,16,20-22,24-25,27,31,33,44H,6-7,9,11-13,15,17-19,23,26,28-30,32,34-43H2,1-5H3,(H,49,52)(H,53,54)/b10-8-,16-14-,22-20-,24-21-,27-25-,33-31-/t44-/m1/s1. The van der Waals surface area contributed by atoms with Crippen LogP contribution < -0.4 is 5.32 Å². The molecule has 11 nitrogen and oxygen atoms in total. The van der Waals surface area contributed by atoms with E-state index in [0.29, 0.717) is 19.3 Å². The summed E-state index contributed by atoms with van der Waals surface area (Å²) < 4.78 is 38.6. The van der Waals surface area contributed by atoms with Crippen molar-refractivity contribution < 1.29 is 47.1 Å². The molecule has 1 unspecified atom stereocenters. The van der Waals surface area contributed by atoms with E-state index in [1.165, 1.54) is 38.5 Å². The van der Waals surface area contributed by atoms with E-state index in [2.05, 4.69) is 79.9 Å². The first kappa shape index (κ1) is 56.8. The van der Waals surface area contributed by atoms with Gasteiger partial charge in [-0.2, -0.15) is 0 Å². The Bertz CT molecular complexity index is 1310. The SMILES string of the molecule is CC/C=C\C/C=C\C/C=C\C/C=C\C/C=C\CCCC(=O)O[C@H](COC(=O)CCCCCCC/C=C\CCCCCCCC)COP(=O)(O)OCCNC(=O)OC(C)(C)C. The van der Waals surface area contributed by atoms with Crippen LogP contribution in [0.5, 0.6) is 0 Å². The second-order valence-electron chi connectivity index (χ2n) is 15.8. The van der Waals surface area contributed by atoms with Crippen molar-refractivity contribution in [2.75, 3.05) is 26.4 Å². The van der Waals surface area contributed by atoms with Crippen molar-refractivity contribution in [1.82, 2.24) is 5.32 Å². The predicted octanol–water partition coefficient (Wildman–Crippen LogP) is 13.1. The number of rotatable bonds is 38. The number of carbonyl (C=O) groups is 3. The Morgan fingerprint density at radius 3 is 1.65 bits per heavy atom. The summed E-state index contributed by atoms with van der Waals surface area (Å²) in [4.78, 5) is 47.2. The molecule has 60 heavy (non-hydrogen) atoms. The highest BCUT2D eigenvalue weighted by Gasteiger charge is 2.26. The van der Waals surface area contributed by atoms with E-state index in [9.17, 15) is 23.8 Å². The van der Waals surface area contributed by atoms with Crippen LogP contribution in [0.1, 0.15) is 176 Å². The van der Waals surface area contributed by atoms with Gasteiger partial charge in [0.2, 0.25) is 0 Å². The highest BCUT2D eigenvalue weighted by Crippen LogP contribution is 2.43. The van der Waals surface area contributed by atoms with Gasteiger partial charge in [0.05, 0.1) is 13.2 Å². The number of hydrogen-bond acceptors (Lipinski definition) is 9. The monoisotopic (exact) mass is 864 g/mol. The Kier molecular flexibility index (Phi) is 37.7. The molecule has 0 spiro atoms. The molecule has 0 bridgehead atoms. The number of esters is 2. The number of ether oxygens (including phenoxy) is 3. The Hall–Kier alpha value is -3.24. The largest absolute Gasteiger partial charge is 0.472 e. The van der Waals surface area contributed by atoms with Gasteiger partial charge in [-0.05, 0) is 97.8 Å². The Labute approximate surface area is 364 Å². The van der Waals surface area contributed by atoms with Crippen molar-refractivity contribution >= 4 is 25.9 Å². The average Bonchev–Trinajstić information content (AvgIpc) is 3.19. The number of amides is 1. The van der Waals surface area contributed by atoms with Gasteiger partial charge in [-0.3, -0.25) is 18.6 Å². The summed E-state index contributed by atoms with van der Waals surface area (Å²) in [6.07, 6.45) is 45.2. The third kappa shape index (κ3) is 42.9. The molecule has 0 aliphatic rings. The normalized spacial score (nSPS) is 14.0. The maximum Gasteiger partial charge on any atom is 0.472 e. The van der Waals surface area contributed by atoms with E-state index in [1.807, 2.05) is 12.2 Å². The first-order valence-corrected chi connectivity index (χ1v) is 24.2. The molecule has 12 heteroatoms. The van der Waals surface area contributed by atoms with Gasteiger partial charge in [-0.1, -0.05) is 138 Å². The number of alkyl carbamates (subject to hydrolysis) is 1. The molecule has 0 saturated carbocycles. The Morgan fingerprint density at radius 1 is 0.600 bits per heavy atom. The van der Waals surface area contributed by atoms with Crippen LogP contribution in [0.2, 0.25) is 0 Å². The molecule has 2 atom stereocenters. The van der Waals surface area contributed by atoms with Gasteiger partial charge in [0.15, 0.2) is 6.10 Å². The summed E-state index contributed by atoms with van der Waals surface area (Å²) in [5, 5.41) is 2.42. The lowest BCUT2D eigenvalue weighted by Crippen LogP contribution is -2.34. The summed E-state index contributed by atoms with van der Waals surface area (Å²) in [6, 6.07) is 0. The van der Waals surface area contributed by atoms with Crippen LogP contribution in [0.4, 0.5) is 4.79 Å². The maximum atomic E-state index is 12.7. The fourth-order valence-electron chi connectivity index (χ4n) is 5.53. The summed E-state index contributed by atoms with van der Waals surface area (Å²) in [7, 11) is -4.59. The fourth-order valence-corrected chi connectivity index (χ4v) is 6.29. The minimum atomic E-state index is -4.59. The lowest BCUT2D eigenvalue weighted by atomic mass is 10.1. The third-order valence-corrected chi connectivity index (χ3v) is 9.71. The maximum absolute atomic E-state index is 12.7. The van der Waals surface area contributed by atoms with Crippen LogP contribution in [0.15, 0.2) is 72.9 Å². The quantitative estimate of drug-likeness (QED) is 0.0202. The van der Waals surface area contributed by atoms with E-state index < -0.39 is 44.2 Å². The lowest BCUT2D eigenvalue weighted by molar-refractivity contribution is -0.161. The van der Waals surface area contributed by atoms with Gasteiger partial charge < -0.3 is 24.4 Å². The topological polar surface area (TPSA) is 147 Å². The van der Waals surface area contributed by atoms with Crippen molar-refractivity contribution in [1.29, 1.82) is 0 Å². The molecule has 0 saturated heterocycles. The first-order valence-electron chi connectivity index (χ1n) is 22.7. The van der Waals surface area contributed by atoms with Gasteiger partial charge >= 0.3 is 25.9 Å². The summed E-state index contributed by atoms with van der Waals surface area (Å²) in [5.41, 5.74) is -0.699. The van der Waals surface area contributed by atoms with Crippen molar-refractivity contribution in [2.45, 2.75) is 188 Å². The van der Waals surface area contributed by atoms with Crippen molar-refractivity contribution in [3.63, 3.8) is 0 Å². The smallest absolute Gasteiger partial charge is 0.462 e. The molecule has 1 amide bonds. The number of hydrogen-bond donors (Lipinski definition) is 2. The number of allylic oxidation sites excluding steroid dienone is 12. The van der Waals surface area contributed by atoms with Crippen molar-refractivity contribution in [3.8, 4) is 0 Å². The number of nitrogens with one attached hydrogen (secondary N) is 1. The van der Waals surface area contributed by atoms with Gasteiger partial charge in [0, 0.05) is 19.4 Å². The number of carbonyl (C=O) groups excluding carboxylic acids is 3. The van der Waals surface area contributed by atoms with Gasteiger partial charge in [0.1, 0.15) is 12.2 Å². The zero-order valence-corrected chi connectivity index (χ0v) is 38.9. The molecule has 0 rings (SSSR count). The Morgan fingerprint density at radius 2 is 1.08 bits per heavy atom. The van der Waals surface area contributed by atoms with Crippen LogP contribution >= 0.6 is 7.82 Å². The molecular formula is C48H82NO10P. The number of unbranched alkanes of at least 4 members (excludes halogenated alkanes) is 12. The van der Waals surface area contributed by atoms with Gasteiger partial charge in [-0.15, -0.1) is 0 Å². The molecule has 0 aromatic carbocycles. The van der Waals surface area contributed by atoms with Crippen LogP contribution in [0, 0.1) is 0 Å². The van der Waals surface area contributed by atoms with Gasteiger partial charge in [-0.25, -0.2) is 9.36 Å². The van der Waals surface area contributed by atoms with E-state index in [-0.39, 0.29) is 32.6 Å². The van der Waals surface area contributed by atoms with Gasteiger partial charge in [0.25, 0.3) is 0 Å². The molecular weight excluding hydrogens is 781 g/mol. The van der Waals surface area contributed by atoms with Crippen LogP contribution in [0.25, 0.3) is 0 Å². The number of phosphoric acid groups is 1. The first-order chi connectivity index (χ1) is 28.9. The van der Waals surface area contributed by atoms with Crippen LogP contribution in [0.3, 0.4) is 0 Å². The molecule has 0 aliphatic carbocycles. The minimum absolute atomic E-state index is 0.104. The Balaban J connectivity index is 4.65. The molecule has 0 aliphatic heterocycles. The summed E-state index contributed by atoms with van der Waals surface area (Å²) in [5.74, 6) is -0.983. The van der Waals surface area contributed by atoms with E-state index in [1.54, 1.807) is 20.8 Å². The van der Waals surface area contributed by atoms with E-state index >= 15 is 0 Å². The fraction of sp³-hybridized carbons (Fsp3) is 0.688. The molecule has 0 radical (unpaired) electrons. The second kappa shape index (κ2) is 39.9. The third-order valence-electron chi connectivity index (χ3n) is 8.73. The van der Waals surface area contributed by atoms with Crippen LogP contribution in [-0.2, 0) is 37.4 Å². The number of phosphoric ester groups is 1. The lowest BCUT2D eigenvalue weighted by Gasteiger charge is -2.21. The highest BCUT2D eigenvalue weighted by molar-refractivity contribution is 7.47. The molecule has 2 N–H and O–H groups in total. The zero-order chi connectivity index (χ0) is 44.4. The summed E-state index contributed by atoms with van der Waals surface area (Å²) in [6.45, 7) is 8.21. The van der Waals surface area contributed by atoms with Crippen LogP contribution in [-0.4, -0.2) is 61.0 Å². The predicted molar refractivity (Wildman–Crippen MR) is 245 cm³/mol. The average molecular weight is 864 g/mol. The highest BCUT2D eigenvalue weighted by atomic mass is 31.2. The molecule has 0 aromatic rings. The second-order valence-corrected chi connectivity index (χ2v) is 17.2. The molecule has 0 aromatic heterocycles. The van der Waals surface area contributed by atoms with Crippen molar-refractivity contribution in [2.24, 2.45) is 0 Å². The molecule has 0 fully saturated rings.